The molecule has 0 N–H and O–H groups in total. The lowest BCUT2D eigenvalue weighted by molar-refractivity contribution is 0.0735. The minimum absolute atomic E-state index is 0.139. The second-order valence-electron chi connectivity index (χ2n) is 6.99. The molecule has 0 aromatic heterocycles. The van der Waals surface area contributed by atoms with Crippen molar-refractivity contribution in [2.24, 2.45) is 0 Å². The highest BCUT2D eigenvalue weighted by Crippen LogP contribution is 2.23. The fraction of sp³-hybridized carbons (Fsp3) is 0.292. The maximum atomic E-state index is 13.8. The van der Waals surface area contributed by atoms with Gasteiger partial charge in [0.2, 0.25) is 0 Å². The van der Waals surface area contributed by atoms with E-state index in [1.165, 1.54) is 55.5 Å². The molecule has 28 heavy (non-hydrogen) atoms. The van der Waals surface area contributed by atoms with Crippen molar-refractivity contribution in [1.29, 1.82) is 0 Å². The van der Waals surface area contributed by atoms with Gasteiger partial charge in [0.15, 0.2) is 11.6 Å². The maximum absolute atomic E-state index is 13.8. The van der Waals surface area contributed by atoms with Gasteiger partial charge in [-0.1, -0.05) is 56.9 Å². The predicted molar refractivity (Wildman–Crippen MR) is 108 cm³/mol. The molecule has 3 aromatic carbocycles. The minimum Gasteiger partial charge on any atom is -0.423 e. The molecule has 0 amide bonds. The number of benzene rings is 3. The van der Waals surface area contributed by atoms with Crippen molar-refractivity contribution in [3.8, 4) is 5.75 Å². The van der Waals surface area contributed by atoms with Gasteiger partial charge in [0, 0.05) is 5.39 Å². The van der Waals surface area contributed by atoms with Crippen LogP contribution in [0.4, 0.5) is 8.78 Å². The lowest BCUT2D eigenvalue weighted by atomic mass is 10.1. The molecular formula is C24H24F2O2. The standard InChI is InChI=1S/C24H24F2O2/c1-2-3-4-5-6-7-17-8-12-20(13-9-17)28-24(27)19-10-14-21-18(16-19)11-15-22(25)23(21)26/h8-16H,2-7H2,1H3. The second kappa shape index (κ2) is 9.45. The number of hydrogen-bond acceptors (Lipinski definition) is 2. The number of halogens is 2. The van der Waals surface area contributed by atoms with Crippen LogP contribution in [0.25, 0.3) is 10.8 Å². The summed E-state index contributed by atoms with van der Waals surface area (Å²) >= 11 is 0. The third kappa shape index (κ3) is 4.94. The Labute approximate surface area is 164 Å². The van der Waals surface area contributed by atoms with E-state index in [4.69, 9.17) is 4.74 Å². The second-order valence-corrected chi connectivity index (χ2v) is 6.99. The number of ether oxygens (including phenoxy) is 1. The Morgan fingerprint density at radius 2 is 1.64 bits per heavy atom. The quantitative estimate of drug-likeness (QED) is 0.242. The summed E-state index contributed by atoms with van der Waals surface area (Å²) in [5.41, 5.74) is 1.51. The van der Waals surface area contributed by atoms with Gasteiger partial charge in [0.05, 0.1) is 5.56 Å². The Morgan fingerprint density at radius 1 is 0.893 bits per heavy atom. The molecule has 0 unspecified atom stereocenters. The summed E-state index contributed by atoms with van der Waals surface area (Å²) in [7, 11) is 0. The molecule has 4 heteroatoms. The van der Waals surface area contributed by atoms with Gasteiger partial charge in [-0.05, 0) is 54.1 Å². The van der Waals surface area contributed by atoms with Gasteiger partial charge >= 0.3 is 5.97 Å². The van der Waals surface area contributed by atoms with Crippen molar-refractivity contribution in [2.45, 2.75) is 45.4 Å². The Kier molecular flexibility index (Phi) is 6.75. The van der Waals surface area contributed by atoms with Crippen LogP contribution < -0.4 is 4.74 Å². The molecule has 2 nitrogen and oxygen atoms in total. The third-order valence-corrected chi connectivity index (χ3v) is 4.85. The summed E-state index contributed by atoms with van der Waals surface area (Å²) in [4.78, 5) is 12.4. The van der Waals surface area contributed by atoms with E-state index in [1.807, 2.05) is 12.1 Å². The van der Waals surface area contributed by atoms with Crippen LogP contribution in [0.3, 0.4) is 0 Å². The van der Waals surface area contributed by atoms with Crippen molar-refractivity contribution in [3.63, 3.8) is 0 Å². The van der Waals surface area contributed by atoms with Crippen LogP contribution in [-0.2, 0) is 6.42 Å². The zero-order valence-electron chi connectivity index (χ0n) is 16.0. The Bertz CT molecular complexity index is 949. The van der Waals surface area contributed by atoms with Gasteiger partial charge in [-0.2, -0.15) is 0 Å². The lowest BCUT2D eigenvalue weighted by Crippen LogP contribution is -2.08. The molecule has 146 valence electrons. The molecule has 0 radical (unpaired) electrons. The van der Waals surface area contributed by atoms with Crippen LogP contribution >= 0.6 is 0 Å². The van der Waals surface area contributed by atoms with Crippen LogP contribution in [0.15, 0.2) is 54.6 Å². The third-order valence-electron chi connectivity index (χ3n) is 4.85. The maximum Gasteiger partial charge on any atom is 0.343 e. The number of esters is 1. The summed E-state index contributed by atoms with van der Waals surface area (Å²) < 4.78 is 32.5. The zero-order chi connectivity index (χ0) is 19.9. The highest BCUT2D eigenvalue weighted by atomic mass is 19.2. The van der Waals surface area contributed by atoms with Gasteiger partial charge in [0.1, 0.15) is 5.75 Å². The Balaban J connectivity index is 1.61. The van der Waals surface area contributed by atoms with E-state index < -0.39 is 17.6 Å². The van der Waals surface area contributed by atoms with Crippen LogP contribution in [0.1, 0.15) is 54.9 Å². The summed E-state index contributed by atoms with van der Waals surface area (Å²) in [6.07, 6.45) is 7.21. The first-order valence-electron chi connectivity index (χ1n) is 9.77. The fourth-order valence-corrected chi connectivity index (χ4v) is 3.22. The fourth-order valence-electron chi connectivity index (χ4n) is 3.22. The number of aryl methyl sites for hydroxylation is 1. The van der Waals surface area contributed by atoms with E-state index in [-0.39, 0.29) is 5.39 Å². The van der Waals surface area contributed by atoms with Crippen molar-refractivity contribution in [1.82, 2.24) is 0 Å². The van der Waals surface area contributed by atoms with Gasteiger partial charge in [-0.15, -0.1) is 0 Å². The molecule has 0 saturated carbocycles. The van der Waals surface area contributed by atoms with Crippen LogP contribution in [-0.4, -0.2) is 5.97 Å². The Morgan fingerprint density at radius 3 is 2.39 bits per heavy atom. The highest BCUT2D eigenvalue weighted by molar-refractivity contribution is 5.96. The van der Waals surface area contributed by atoms with Crippen molar-refractivity contribution in [2.75, 3.05) is 0 Å². The summed E-state index contributed by atoms with van der Waals surface area (Å²) in [6.45, 7) is 2.20. The molecule has 0 heterocycles. The lowest BCUT2D eigenvalue weighted by Gasteiger charge is -2.07. The molecular weight excluding hydrogens is 358 g/mol. The number of carbonyl (C=O) groups is 1. The Hall–Kier alpha value is -2.75. The zero-order valence-corrected chi connectivity index (χ0v) is 16.0. The number of hydrogen-bond donors (Lipinski definition) is 0. The molecule has 0 spiro atoms. The van der Waals surface area contributed by atoms with Crippen LogP contribution in [0, 0.1) is 11.6 Å². The molecule has 3 aromatic rings. The summed E-state index contributed by atoms with van der Waals surface area (Å²) in [5.74, 6) is -1.89. The first-order valence-corrected chi connectivity index (χ1v) is 9.77. The van der Waals surface area contributed by atoms with E-state index >= 15 is 0 Å². The normalized spacial score (nSPS) is 11.0. The van der Waals surface area contributed by atoms with Crippen LogP contribution in [0.5, 0.6) is 5.75 Å². The number of rotatable bonds is 8. The van der Waals surface area contributed by atoms with Gasteiger partial charge in [-0.3, -0.25) is 0 Å². The summed E-state index contributed by atoms with van der Waals surface area (Å²) in [5, 5.41) is 0.589. The van der Waals surface area contributed by atoms with E-state index in [0.29, 0.717) is 16.7 Å². The average Bonchev–Trinajstić information content (AvgIpc) is 2.71. The molecule has 0 aliphatic rings. The molecule has 0 aliphatic heterocycles. The first-order chi connectivity index (χ1) is 13.6. The monoisotopic (exact) mass is 382 g/mol. The van der Waals surface area contributed by atoms with Crippen molar-refractivity contribution >= 4 is 16.7 Å². The SMILES string of the molecule is CCCCCCCc1ccc(OC(=O)c2ccc3c(F)c(F)ccc3c2)cc1. The largest absolute Gasteiger partial charge is 0.423 e. The van der Waals surface area contributed by atoms with E-state index in [0.717, 1.165) is 18.9 Å². The molecule has 0 bridgehead atoms. The summed E-state index contributed by atoms with van der Waals surface area (Å²) in [6, 6.07) is 14.4. The van der Waals surface area contributed by atoms with Gasteiger partial charge in [-0.25, -0.2) is 13.6 Å². The van der Waals surface area contributed by atoms with E-state index in [9.17, 15) is 13.6 Å². The molecule has 0 atom stereocenters. The van der Waals surface area contributed by atoms with E-state index in [1.54, 1.807) is 12.1 Å². The molecule has 0 aliphatic carbocycles. The van der Waals surface area contributed by atoms with Gasteiger partial charge < -0.3 is 4.74 Å². The molecule has 3 rings (SSSR count). The van der Waals surface area contributed by atoms with Gasteiger partial charge in [0.25, 0.3) is 0 Å². The number of carbonyl (C=O) groups excluding carboxylic acids is 1. The minimum atomic E-state index is -0.914. The molecule has 0 fully saturated rings. The number of fused-ring (bicyclic) bond motifs is 1. The van der Waals surface area contributed by atoms with Crippen molar-refractivity contribution in [3.05, 3.63) is 77.4 Å². The number of unbranched alkanes of at least 4 members (excludes halogenated alkanes) is 4. The smallest absolute Gasteiger partial charge is 0.343 e. The first kappa shape index (κ1) is 20.0. The topological polar surface area (TPSA) is 26.3 Å². The predicted octanol–water partition coefficient (Wildman–Crippen LogP) is 6.85. The molecule has 0 saturated heterocycles. The van der Waals surface area contributed by atoms with E-state index in [2.05, 4.69) is 6.92 Å². The highest BCUT2D eigenvalue weighted by Gasteiger charge is 2.12. The van der Waals surface area contributed by atoms with Crippen LogP contribution in [0.2, 0.25) is 0 Å². The average molecular weight is 382 g/mol. The van der Waals surface area contributed by atoms with Crippen molar-refractivity contribution < 1.29 is 18.3 Å².